The molecule has 0 spiro atoms. The van der Waals surface area contributed by atoms with Gasteiger partial charge in [-0.2, -0.15) is 0 Å². The van der Waals surface area contributed by atoms with Gasteiger partial charge >= 0.3 is 5.97 Å². The minimum absolute atomic E-state index is 0.262. The molecular weight excluding hydrogens is 445 g/mol. The summed E-state index contributed by atoms with van der Waals surface area (Å²) < 4.78 is 6.55. The monoisotopic (exact) mass is 463 g/mol. The largest absolute Gasteiger partial charge is 0.465 e. The molecule has 0 N–H and O–H groups in total. The van der Waals surface area contributed by atoms with Gasteiger partial charge in [-0.05, 0) is 60.3 Å². The summed E-state index contributed by atoms with van der Waals surface area (Å²) in [6.45, 7) is 4.49. The Balaban J connectivity index is 2.15. The molecule has 3 rings (SSSR count). The molecule has 1 aromatic rings. The molecule has 1 heterocycles. The maximum absolute atomic E-state index is 11.9. The van der Waals surface area contributed by atoms with Crippen molar-refractivity contribution < 1.29 is 9.53 Å². The van der Waals surface area contributed by atoms with Crippen molar-refractivity contribution in [1.82, 2.24) is 0 Å². The van der Waals surface area contributed by atoms with Gasteiger partial charge in [0.15, 0.2) is 0 Å². The van der Waals surface area contributed by atoms with E-state index in [4.69, 9.17) is 4.74 Å². The molecule has 21 heavy (non-hydrogen) atoms. The molecule has 0 radical (unpaired) electrons. The lowest BCUT2D eigenvalue weighted by atomic mass is 9.96. The summed E-state index contributed by atoms with van der Waals surface area (Å²) in [7, 11) is 1.43. The van der Waals surface area contributed by atoms with Crippen molar-refractivity contribution in [3.8, 4) is 0 Å². The molecule has 1 aromatic carbocycles. The van der Waals surface area contributed by atoms with Crippen LogP contribution in [0.3, 0.4) is 0 Å². The van der Waals surface area contributed by atoms with Crippen LogP contribution in [0.15, 0.2) is 16.6 Å². The zero-order valence-electron chi connectivity index (χ0n) is 12.4. The number of methoxy groups -OCH3 is 1. The van der Waals surface area contributed by atoms with Gasteiger partial charge in [-0.1, -0.05) is 22.6 Å². The van der Waals surface area contributed by atoms with Crippen molar-refractivity contribution in [3.05, 3.63) is 27.7 Å². The van der Waals surface area contributed by atoms with Crippen molar-refractivity contribution >= 4 is 50.2 Å². The van der Waals surface area contributed by atoms with Gasteiger partial charge in [0.2, 0.25) is 0 Å². The summed E-state index contributed by atoms with van der Waals surface area (Å²) in [5.74, 6) is 0.271. The normalized spacial score (nSPS) is 27.0. The molecular formula is C16H19BrINO2. The van der Waals surface area contributed by atoms with E-state index in [1.165, 1.54) is 31.2 Å². The number of anilines is 1. The van der Waals surface area contributed by atoms with Crippen LogP contribution in [0.1, 0.15) is 48.5 Å². The quantitative estimate of drug-likeness (QED) is 0.367. The van der Waals surface area contributed by atoms with Gasteiger partial charge in [0.05, 0.1) is 18.4 Å². The minimum atomic E-state index is -0.262. The number of fused-ring (bicyclic) bond motifs is 3. The van der Waals surface area contributed by atoms with Gasteiger partial charge in [0, 0.05) is 26.4 Å². The van der Waals surface area contributed by atoms with Crippen LogP contribution in [-0.2, 0) is 4.74 Å². The van der Waals surface area contributed by atoms with Crippen LogP contribution in [0.25, 0.3) is 0 Å². The zero-order chi connectivity index (χ0) is 15.3. The smallest absolute Gasteiger partial charge is 0.337 e. The van der Waals surface area contributed by atoms with Gasteiger partial charge in [0.25, 0.3) is 0 Å². The third-order valence-corrected chi connectivity index (χ3v) is 6.55. The molecule has 1 fully saturated rings. The van der Waals surface area contributed by atoms with Crippen molar-refractivity contribution in [3.63, 3.8) is 0 Å². The van der Waals surface area contributed by atoms with Crippen LogP contribution in [0.4, 0.5) is 5.69 Å². The van der Waals surface area contributed by atoms with Crippen molar-refractivity contribution in [2.24, 2.45) is 0 Å². The number of nitrogens with zero attached hydrogens (tertiary/aromatic N) is 1. The van der Waals surface area contributed by atoms with E-state index in [1.807, 2.05) is 12.1 Å². The fraction of sp³-hybridized carbons (Fsp3) is 0.562. The van der Waals surface area contributed by atoms with E-state index < -0.39 is 0 Å². The summed E-state index contributed by atoms with van der Waals surface area (Å²) >= 11 is 6.27. The van der Waals surface area contributed by atoms with Gasteiger partial charge in [-0.3, -0.25) is 0 Å². The third kappa shape index (κ3) is 2.40. The second-order valence-electron chi connectivity index (χ2n) is 6.08. The second-order valence-corrected chi connectivity index (χ2v) is 8.53. The first-order chi connectivity index (χ1) is 9.95. The average Bonchev–Trinajstić information content (AvgIpc) is 2.97. The number of halogens is 2. The Hall–Kier alpha value is -0.300. The SMILES string of the molecule is COC(=O)c1cc(Br)c2c(c1)C1CCC(I)C1N2C(C)C. The van der Waals surface area contributed by atoms with Crippen molar-refractivity contribution in [1.29, 1.82) is 0 Å². The predicted octanol–water partition coefficient (Wildman–Crippen LogP) is 4.51. The van der Waals surface area contributed by atoms with E-state index in [9.17, 15) is 4.79 Å². The fourth-order valence-corrected chi connectivity index (χ4v) is 5.69. The first kappa shape index (κ1) is 15.6. The molecule has 1 aliphatic carbocycles. The second kappa shape index (κ2) is 5.72. The molecule has 3 unspecified atom stereocenters. The number of hydrogen-bond donors (Lipinski definition) is 0. The molecule has 3 atom stereocenters. The maximum Gasteiger partial charge on any atom is 0.337 e. The number of hydrogen-bond acceptors (Lipinski definition) is 3. The molecule has 3 nitrogen and oxygen atoms in total. The lowest BCUT2D eigenvalue weighted by Gasteiger charge is -2.33. The highest BCUT2D eigenvalue weighted by molar-refractivity contribution is 14.1. The lowest BCUT2D eigenvalue weighted by molar-refractivity contribution is 0.0600. The number of esters is 1. The Bertz CT molecular complexity index is 590. The number of rotatable bonds is 2. The minimum Gasteiger partial charge on any atom is -0.465 e. The lowest BCUT2D eigenvalue weighted by Crippen LogP contribution is -2.41. The third-order valence-electron chi connectivity index (χ3n) is 4.59. The van der Waals surface area contributed by atoms with Crippen molar-refractivity contribution in [2.75, 3.05) is 12.0 Å². The Morgan fingerprint density at radius 2 is 2.14 bits per heavy atom. The fourth-order valence-electron chi connectivity index (χ4n) is 3.80. The summed E-state index contributed by atoms with van der Waals surface area (Å²) in [5.41, 5.74) is 3.22. The average molecular weight is 464 g/mol. The van der Waals surface area contributed by atoms with Crippen LogP contribution < -0.4 is 4.90 Å². The van der Waals surface area contributed by atoms with Crippen molar-refractivity contribution in [2.45, 2.75) is 48.6 Å². The molecule has 0 amide bonds. The van der Waals surface area contributed by atoms with Gasteiger partial charge in [0.1, 0.15) is 0 Å². The van der Waals surface area contributed by atoms with Gasteiger partial charge < -0.3 is 9.64 Å². The highest BCUT2D eigenvalue weighted by atomic mass is 127. The highest BCUT2D eigenvalue weighted by Gasteiger charge is 2.48. The molecule has 0 bridgehead atoms. The van der Waals surface area contributed by atoms with E-state index in [-0.39, 0.29) is 5.97 Å². The van der Waals surface area contributed by atoms with E-state index in [1.54, 1.807) is 0 Å². The van der Waals surface area contributed by atoms with Gasteiger partial charge in [-0.15, -0.1) is 0 Å². The summed E-state index contributed by atoms with van der Waals surface area (Å²) in [4.78, 5) is 14.4. The number of carbonyl (C=O) groups is 1. The molecule has 2 aliphatic rings. The van der Waals surface area contributed by atoms with E-state index >= 15 is 0 Å². The van der Waals surface area contributed by atoms with Crippen LogP contribution in [-0.4, -0.2) is 29.1 Å². The highest BCUT2D eigenvalue weighted by Crippen LogP contribution is 2.54. The maximum atomic E-state index is 11.9. The molecule has 1 aliphatic heterocycles. The van der Waals surface area contributed by atoms with Crippen LogP contribution >= 0.6 is 38.5 Å². The number of carbonyl (C=O) groups excluding carboxylic acids is 1. The number of alkyl halides is 1. The van der Waals surface area contributed by atoms with E-state index in [2.05, 4.69) is 57.3 Å². The van der Waals surface area contributed by atoms with Crippen LogP contribution in [0.5, 0.6) is 0 Å². The molecule has 1 saturated carbocycles. The Morgan fingerprint density at radius 1 is 1.43 bits per heavy atom. The van der Waals surface area contributed by atoms with Crippen LogP contribution in [0.2, 0.25) is 0 Å². The Kier molecular flexibility index (Phi) is 4.25. The molecule has 114 valence electrons. The van der Waals surface area contributed by atoms with Crippen LogP contribution in [0, 0.1) is 0 Å². The standard InChI is InChI=1S/C16H19BrINO2/c1-8(2)19-14-11(10-4-5-13(18)15(10)19)6-9(7-12(14)17)16(20)21-3/h6-8,10,13,15H,4-5H2,1-3H3. The summed E-state index contributed by atoms with van der Waals surface area (Å²) in [6, 6.07) is 4.93. The summed E-state index contributed by atoms with van der Waals surface area (Å²) in [6.07, 6.45) is 2.45. The van der Waals surface area contributed by atoms with E-state index in [0.717, 1.165) is 4.47 Å². The Morgan fingerprint density at radius 3 is 2.76 bits per heavy atom. The summed E-state index contributed by atoms with van der Waals surface area (Å²) in [5, 5.41) is 0. The predicted molar refractivity (Wildman–Crippen MR) is 96.7 cm³/mol. The molecule has 0 saturated heterocycles. The number of benzene rings is 1. The first-order valence-corrected chi connectivity index (χ1v) is 9.33. The molecule has 5 heteroatoms. The van der Waals surface area contributed by atoms with E-state index in [0.29, 0.717) is 27.5 Å². The molecule has 0 aromatic heterocycles. The number of ether oxygens (including phenoxy) is 1. The Labute approximate surface area is 147 Å². The first-order valence-electron chi connectivity index (χ1n) is 7.29. The van der Waals surface area contributed by atoms with Gasteiger partial charge in [-0.25, -0.2) is 4.79 Å². The topological polar surface area (TPSA) is 29.5 Å². The zero-order valence-corrected chi connectivity index (χ0v) is 16.1.